The van der Waals surface area contributed by atoms with Crippen LogP contribution in [0.15, 0.2) is 50.0 Å². The maximum absolute atomic E-state index is 12.8. The topological polar surface area (TPSA) is 72.8 Å². The number of hydrogen-bond donors (Lipinski definition) is 1. The summed E-state index contributed by atoms with van der Waals surface area (Å²) < 4.78 is 17.3. The molecule has 0 atom stereocenters. The van der Waals surface area contributed by atoms with E-state index in [9.17, 15) is 9.90 Å². The van der Waals surface area contributed by atoms with Gasteiger partial charge in [0, 0.05) is 22.2 Å². The third-order valence-electron chi connectivity index (χ3n) is 5.03. The first-order valence-electron chi connectivity index (χ1n) is 8.76. The standard InChI is InChI=1S/C22H15ClO5/c1-10-3-5-13-16(7-10)26-9-15(20(13)24)18-11(2)27-21-14-6-4-12(23)8-17(14)28-22(25)19(18)21/h3-8,24H,9H2,1-2H3. The number of hydrogen-bond acceptors (Lipinski definition) is 5. The lowest BCUT2D eigenvalue weighted by molar-refractivity contribution is 0.353. The summed E-state index contributed by atoms with van der Waals surface area (Å²) in [6, 6.07) is 10.6. The number of halogens is 1. The van der Waals surface area contributed by atoms with Crippen molar-refractivity contribution in [1.29, 1.82) is 0 Å². The lowest BCUT2D eigenvalue weighted by Gasteiger charge is -2.21. The van der Waals surface area contributed by atoms with E-state index in [-0.39, 0.29) is 17.8 Å². The van der Waals surface area contributed by atoms with Crippen LogP contribution in [0.4, 0.5) is 0 Å². The van der Waals surface area contributed by atoms with Crippen LogP contribution in [0.3, 0.4) is 0 Å². The highest BCUT2D eigenvalue weighted by atomic mass is 35.5. The molecule has 0 saturated carbocycles. The smallest absolute Gasteiger partial charge is 0.348 e. The van der Waals surface area contributed by atoms with Gasteiger partial charge in [-0.15, -0.1) is 0 Å². The lowest BCUT2D eigenvalue weighted by Crippen LogP contribution is -2.12. The Bertz CT molecular complexity index is 1370. The molecule has 28 heavy (non-hydrogen) atoms. The summed E-state index contributed by atoms with van der Waals surface area (Å²) in [5.41, 5.74) is 2.82. The molecule has 0 bridgehead atoms. The number of ether oxygens (including phenoxy) is 1. The van der Waals surface area contributed by atoms with Crippen LogP contribution in [-0.4, -0.2) is 11.7 Å². The molecule has 0 unspecified atom stereocenters. The molecule has 3 heterocycles. The van der Waals surface area contributed by atoms with Crippen molar-refractivity contribution in [1.82, 2.24) is 0 Å². The SMILES string of the molecule is Cc1ccc2c(c1)OCC(c1c(C)oc3c1c(=O)oc1cc(Cl)ccc13)=C2O. The van der Waals surface area contributed by atoms with E-state index < -0.39 is 5.63 Å². The fraction of sp³-hybridized carbons (Fsp3) is 0.136. The Morgan fingerprint density at radius 3 is 2.71 bits per heavy atom. The van der Waals surface area contributed by atoms with Crippen molar-refractivity contribution in [3.8, 4) is 5.75 Å². The van der Waals surface area contributed by atoms with Gasteiger partial charge < -0.3 is 18.7 Å². The van der Waals surface area contributed by atoms with Gasteiger partial charge in [-0.25, -0.2) is 4.79 Å². The van der Waals surface area contributed by atoms with Crippen LogP contribution in [0.1, 0.15) is 22.5 Å². The molecule has 0 saturated heterocycles. The number of rotatable bonds is 1. The van der Waals surface area contributed by atoms with Gasteiger partial charge in [-0.05, 0) is 43.7 Å². The van der Waals surface area contributed by atoms with Gasteiger partial charge in [-0.2, -0.15) is 0 Å². The summed E-state index contributed by atoms with van der Waals surface area (Å²) in [6.45, 7) is 3.83. The lowest BCUT2D eigenvalue weighted by atomic mass is 9.96. The van der Waals surface area contributed by atoms with E-state index in [1.165, 1.54) is 0 Å². The number of aryl methyl sites for hydroxylation is 2. The van der Waals surface area contributed by atoms with Gasteiger partial charge in [-0.1, -0.05) is 17.7 Å². The Kier molecular flexibility index (Phi) is 3.58. The summed E-state index contributed by atoms with van der Waals surface area (Å²) >= 11 is 6.01. The third-order valence-corrected chi connectivity index (χ3v) is 5.27. The summed E-state index contributed by atoms with van der Waals surface area (Å²) in [7, 11) is 0. The van der Waals surface area contributed by atoms with Gasteiger partial charge in [0.05, 0.1) is 10.9 Å². The molecule has 4 aromatic rings. The Labute approximate surface area is 164 Å². The molecule has 5 nitrogen and oxygen atoms in total. The molecule has 0 fully saturated rings. The van der Waals surface area contributed by atoms with Crippen molar-refractivity contribution in [2.24, 2.45) is 0 Å². The van der Waals surface area contributed by atoms with Crippen molar-refractivity contribution in [3.05, 3.63) is 74.3 Å². The number of fused-ring (bicyclic) bond motifs is 4. The van der Waals surface area contributed by atoms with E-state index in [2.05, 4.69) is 0 Å². The molecule has 0 spiro atoms. The van der Waals surface area contributed by atoms with E-state index in [4.69, 9.17) is 25.2 Å². The molecular formula is C22H15ClO5. The van der Waals surface area contributed by atoms with Gasteiger partial charge in [0.1, 0.15) is 34.8 Å². The predicted octanol–water partition coefficient (Wildman–Crippen LogP) is 5.63. The van der Waals surface area contributed by atoms with Crippen LogP contribution in [0, 0.1) is 13.8 Å². The highest BCUT2D eigenvalue weighted by molar-refractivity contribution is 6.31. The number of benzene rings is 2. The normalized spacial score (nSPS) is 13.8. The molecule has 0 amide bonds. The molecule has 2 aromatic heterocycles. The molecular weight excluding hydrogens is 380 g/mol. The van der Waals surface area contributed by atoms with Crippen molar-refractivity contribution in [2.45, 2.75) is 13.8 Å². The zero-order chi connectivity index (χ0) is 19.6. The van der Waals surface area contributed by atoms with E-state index in [0.717, 1.165) is 5.56 Å². The number of furan rings is 1. The molecule has 0 aliphatic carbocycles. The molecule has 1 aliphatic rings. The molecule has 1 aliphatic heterocycles. The molecule has 5 rings (SSSR count). The average molecular weight is 395 g/mol. The second kappa shape index (κ2) is 5.91. The number of aliphatic hydroxyl groups is 1. The van der Waals surface area contributed by atoms with Gasteiger partial charge in [0.25, 0.3) is 0 Å². The second-order valence-corrected chi connectivity index (χ2v) is 7.32. The van der Waals surface area contributed by atoms with E-state index in [1.54, 1.807) is 31.2 Å². The summed E-state index contributed by atoms with van der Waals surface area (Å²) in [5.74, 6) is 1.19. The molecule has 2 aromatic carbocycles. The predicted molar refractivity (Wildman–Crippen MR) is 108 cm³/mol. The Morgan fingerprint density at radius 1 is 1.07 bits per heavy atom. The largest absolute Gasteiger partial charge is 0.507 e. The fourth-order valence-electron chi connectivity index (χ4n) is 3.73. The van der Waals surface area contributed by atoms with Crippen LogP contribution in [-0.2, 0) is 0 Å². The zero-order valence-electron chi connectivity index (χ0n) is 15.1. The molecule has 1 N–H and O–H groups in total. The van der Waals surface area contributed by atoms with Crippen molar-refractivity contribution < 1.29 is 18.7 Å². The third kappa shape index (κ3) is 2.36. The van der Waals surface area contributed by atoms with Gasteiger partial charge >= 0.3 is 5.63 Å². The highest BCUT2D eigenvalue weighted by Gasteiger charge is 2.28. The van der Waals surface area contributed by atoms with Gasteiger partial charge in [0.15, 0.2) is 5.58 Å². The quantitative estimate of drug-likeness (QED) is 0.424. The van der Waals surface area contributed by atoms with Crippen molar-refractivity contribution >= 4 is 44.9 Å². The van der Waals surface area contributed by atoms with Gasteiger partial charge in [0.2, 0.25) is 0 Å². The molecule has 6 heteroatoms. The second-order valence-electron chi connectivity index (χ2n) is 6.88. The van der Waals surface area contributed by atoms with Crippen molar-refractivity contribution in [3.63, 3.8) is 0 Å². The highest BCUT2D eigenvalue weighted by Crippen LogP contribution is 2.41. The fourth-order valence-corrected chi connectivity index (χ4v) is 3.89. The minimum atomic E-state index is -0.549. The minimum absolute atomic E-state index is 0.0719. The first-order valence-corrected chi connectivity index (χ1v) is 9.13. The van der Waals surface area contributed by atoms with Crippen LogP contribution >= 0.6 is 11.6 Å². The minimum Gasteiger partial charge on any atom is -0.507 e. The first kappa shape index (κ1) is 17.0. The van der Waals surface area contributed by atoms with Crippen LogP contribution in [0.2, 0.25) is 5.02 Å². The van der Waals surface area contributed by atoms with E-state index in [1.807, 2.05) is 19.1 Å². The van der Waals surface area contributed by atoms with Crippen LogP contribution < -0.4 is 10.4 Å². The monoisotopic (exact) mass is 394 g/mol. The maximum Gasteiger partial charge on any atom is 0.348 e. The molecule has 140 valence electrons. The number of aliphatic hydroxyl groups excluding tert-OH is 1. The van der Waals surface area contributed by atoms with E-state index in [0.29, 0.717) is 49.8 Å². The van der Waals surface area contributed by atoms with E-state index >= 15 is 0 Å². The summed E-state index contributed by atoms with van der Waals surface area (Å²) in [5, 5.41) is 12.3. The zero-order valence-corrected chi connectivity index (χ0v) is 15.9. The Hall–Kier alpha value is -3.18. The maximum atomic E-state index is 12.8. The summed E-state index contributed by atoms with van der Waals surface area (Å²) in [4.78, 5) is 12.8. The Balaban J connectivity index is 1.84. The molecule has 0 radical (unpaired) electrons. The first-order chi connectivity index (χ1) is 13.4. The Morgan fingerprint density at radius 2 is 1.89 bits per heavy atom. The van der Waals surface area contributed by atoms with Crippen LogP contribution in [0.25, 0.3) is 33.3 Å². The van der Waals surface area contributed by atoms with Crippen LogP contribution in [0.5, 0.6) is 5.75 Å². The summed E-state index contributed by atoms with van der Waals surface area (Å²) in [6.07, 6.45) is 0. The average Bonchev–Trinajstić information content (AvgIpc) is 2.99. The van der Waals surface area contributed by atoms with Crippen molar-refractivity contribution in [2.75, 3.05) is 6.61 Å². The van der Waals surface area contributed by atoms with Gasteiger partial charge in [-0.3, -0.25) is 0 Å².